The van der Waals surface area contributed by atoms with Gasteiger partial charge in [0.25, 0.3) is 0 Å². The molecule has 5 nitrogen and oxygen atoms in total. The smallest absolute Gasteiger partial charge is 0.220 e. The second-order valence-electron chi connectivity index (χ2n) is 5.18. The minimum absolute atomic E-state index is 0.0236. The van der Waals surface area contributed by atoms with Crippen LogP contribution in [0.5, 0.6) is 0 Å². The second kappa shape index (κ2) is 6.63. The van der Waals surface area contributed by atoms with Crippen LogP contribution in [0.1, 0.15) is 24.8 Å². The van der Waals surface area contributed by atoms with Crippen molar-refractivity contribution in [3.63, 3.8) is 0 Å². The van der Waals surface area contributed by atoms with E-state index >= 15 is 0 Å². The molecule has 1 aromatic rings. The summed E-state index contributed by atoms with van der Waals surface area (Å²) in [5, 5.41) is 15.6. The van der Waals surface area contributed by atoms with Crippen LogP contribution >= 0.6 is 0 Å². The molecule has 0 aromatic carbocycles. The summed E-state index contributed by atoms with van der Waals surface area (Å²) in [6, 6.07) is 3.86. The lowest BCUT2D eigenvalue weighted by Crippen LogP contribution is -2.34. The van der Waals surface area contributed by atoms with Crippen LogP contribution in [-0.2, 0) is 4.79 Å². The number of hydrogen-bond donors (Lipinski definition) is 3. The number of carbonyl (C=O) groups excluding carboxylic acids is 1. The first-order valence-corrected chi connectivity index (χ1v) is 6.72. The third-order valence-electron chi connectivity index (χ3n) is 3.61. The van der Waals surface area contributed by atoms with Crippen LogP contribution in [0.3, 0.4) is 0 Å². The lowest BCUT2D eigenvalue weighted by molar-refractivity contribution is -0.121. The number of aromatic nitrogens is 1. The molecule has 0 spiro atoms. The van der Waals surface area contributed by atoms with E-state index in [1.54, 1.807) is 12.4 Å². The first-order chi connectivity index (χ1) is 9.16. The first kappa shape index (κ1) is 14.0. The highest BCUT2D eigenvalue weighted by atomic mass is 16.3. The lowest BCUT2D eigenvalue weighted by Gasteiger charge is -2.16. The van der Waals surface area contributed by atoms with Crippen molar-refractivity contribution in [2.45, 2.75) is 25.4 Å². The van der Waals surface area contributed by atoms with Gasteiger partial charge < -0.3 is 15.7 Å². The van der Waals surface area contributed by atoms with Crippen LogP contribution in [0.15, 0.2) is 24.5 Å². The van der Waals surface area contributed by atoms with Crippen LogP contribution < -0.4 is 10.6 Å². The van der Waals surface area contributed by atoms with Gasteiger partial charge in [-0.2, -0.15) is 0 Å². The highest BCUT2D eigenvalue weighted by Crippen LogP contribution is 2.17. The molecule has 0 bridgehead atoms. The fraction of sp³-hybridized carbons (Fsp3) is 0.571. The van der Waals surface area contributed by atoms with E-state index in [1.807, 2.05) is 19.1 Å². The monoisotopic (exact) mass is 263 g/mol. The maximum absolute atomic E-state index is 11.9. The molecule has 0 saturated carbocycles. The van der Waals surface area contributed by atoms with E-state index in [-0.39, 0.29) is 23.8 Å². The van der Waals surface area contributed by atoms with Gasteiger partial charge in [0.1, 0.15) is 0 Å². The fourth-order valence-electron chi connectivity index (χ4n) is 2.31. The molecule has 1 aliphatic heterocycles. The molecule has 1 aromatic heterocycles. The molecule has 2 rings (SSSR count). The van der Waals surface area contributed by atoms with Crippen molar-refractivity contribution in [3.05, 3.63) is 30.1 Å². The van der Waals surface area contributed by atoms with Crippen molar-refractivity contribution in [3.8, 4) is 0 Å². The summed E-state index contributed by atoms with van der Waals surface area (Å²) in [5.41, 5.74) is 1.07. The molecule has 3 atom stereocenters. The van der Waals surface area contributed by atoms with Gasteiger partial charge in [0, 0.05) is 44.4 Å². The second-order valence-corrected chi connectivity index (χ2v) is 5.18. The predicted octanol–water partition coefficient (Wildman–Crippen LogP) is 0.272. The zero-order chi connectivity index (χ0) is 13.7. The Morgan fingerprint density at radius 1 is 1.63 bits per heavy atom. The SMILES string of the molecule is CC(CC(=O)NCC1CNCC1O)c1cccnc1. The molecule has 0 radical (unpaired) electrons. The number of rotatable bonds is 5. The van der Waals surface area contributed by atoms with Gasteiger partial charge in [0.2, 0.25) is 5.91 Å². The fourth-order valence-corrected chi connectivity index (χ4v) is 2.31. The minimum Gasteiger partial charge on any atom is -0.391 e. The van der Waals surface area contributed by atoms with Crippen molar-refractivity contribution in [2.24, 2.45) is 5.92 Å². The van der Waals surface area contributed by atoms with Crippen molar-refractivity contribution in [1.29, 1.82) is 0 Å². The van der Waals surface area contributed by atoms with Gasteiger partial charge in [0.05, 0.1) is 6.10 Å². The van der Waals surface area contributed by atoms with Crippen LogP contribution in [0.25, 0.3) is 0 Å². The Kier molecular flexibility index (Phi) is 4.87. The van der Waals surface area contributed by atoms with Crippen molar-refractivity contribution >= 4 is 5.91 Å². The van der Waals surface area contributed by atoms with Gasteiger partial charge in [-0.05, 0) is 17.5 Å². The van der Waals surface area contributed by atoms with E-state index in [1.165, 1.54) is 0 Å². The molecule has 3 N–H and O–H groups in total. The van der Waals surface area contributed by atoms with Crippen LogP contribution in [-0.4, -0.2) is 41.7 Å². The highest BCUT2D eigenvalue weighted by Gasteiger charge is 2.25. The summed E-state index contributed by atoms with van der Waals surface area (Å²) >= 11 is 0. The summed E-state index contributed by atoms with van der Waals surface area (Å²) < 4.78 is 0. The molecular formula is C14H21N3O2. The van der Waals surface area contributed by atoms with Crippen LogP contribution in [0.2, 0.25) is 0 Å². The summed E-state index contributed by atoms with van der Waals surface area (Å²) in [4.78, 5) is 15.9. The molecule has 0 aliphatic carbocycles. The Hall–Kier alpha value is -1.46. The molecule has 3 unspecified atom stereocenters. The Morgan fingerprint density at radius 2 is 2.47 bits per heavy atom. The maximum atomic E-state index is 11.9. The standard InChI is InChI=1S/C14H21N3O2/c1-10(11-3-2-4-15-6-11)5-14(19)17-8-12-7-16-9-13(12)18/h2-4,6,10,12-13,16,18H,5,7-9H2,1H3,(H,17,19). The van der Waals surface area contributed by atoms with E-state index in [0.29, 0.717) is 19.5 Å². The van der Waals surface area contributed by atoms with Crippen LogP contribution in [0, 0.1) is 5.92 Å². The van der Waals surface area contributed by atoms with E-state index in [0.717, 1.165) is 12.1 Å². The van der Waals surface area contributed by atoms with E-state index in [2.05, 4.69) is 15.6 Å². The van der Waals surface area contributed by atoms with E-state index in [4.69, 9.17) is 0 Å². The summed E-state index contributed by atoms with van der Waals surface area (Å²) in [5.74, 6) is 0.299. The van der Waals surface area contributed by atoms with Gasteiger partial charge in [-0.3, -0.25) is 9.78 Å². The maximum Gasteiger partial charge on any atom is 0.220 e. The van der Waals surface area contributed by atoms with Crippen molar-refractivity contribution < 1.29 is 9.90 Å². The number of aliphatic hydroxyl groups is 1. The van der Waals surface area contributed by atoms with Crippen LogP contribution in [0.4, 0.5) is 0 Å². The molecule has 104 valence electrons. The first-order valence-electron chi connectivity index (χ1n) is 6.72. The predicted molar refractivity (Wildman–Crippen MR) is 72.6 cm³/mol. The topological polar surface area (TPSA) is 74.2 Å². The quantitative estimate of drug-likeness (QED) is 0.713. The molecular weight excluding hydrogens is 242 g/mol. The number of pyridine rings is 1. The van der Waals surface area contributed by atoms with Gasteiger partial charge in [0.15, 0.2) is 0 Å². The number of amides is 1. The third kappa shape index (κ3) is 4.01. The minimum atomic E-state index is -0.351. The molecule has 1 aliphatic rings. The number of nitrogens with one attached hydrogen (secondary N) is 2. The van der Waals surface area contributed by atoms with Crippen molar-refractivity contribution in [2.75, 3.05) is 19.6 Å². The average molecular weight is 263 g/mol. The van der Waals surface area contributed by atoms with E-state index in [9.17, 15) is 9.90 Å². The summed E-state index contributed by atoms with van der Waals surface area (Å²) in [6.07, 6.45) is 3.62. The lowest BCUT2D eigenvalue weighted by atomic mass is 9.99. The highest BCUT2D eigenvalue weighted by molar-refractivity contribution is 5.76. The normalized spacial score (nSPS) is 24.1. The number of hydrogen-bond acceptors (Lipinski definition) is 4. The Morgan fingerprint density at radius 3 is 3.11 bits per heavy atom. The number of β-amino-alcohol motifs (C(OH)–C–C–N with tert-alkyl or cyclic N) is 1. The molecule has 1 amide bonds. The van der Waals surface area contributed by atoms with Crippen molar-refractivity contribution in [1.82, 2.24) is 15.6 Å². The summed E-state index contributed by atoms with van der Waals surface area (Å²) in [7, 11) is 0. The Bertz CT molecular complexity index is 410. The Balaban J connectivity index is 1.75. The molecule has 2 heterocycles. The Labute approximate surface area is 113 Å². The number of carbonyl (C=O) groups is 1. The number of nitrogens with zero attached hydrogens (tertiary/aromatic N) is 1. The average Bonchev–Trinajstić information content (AvgIpc) is 2.83. The molecule has 1 fully saturated rings. The zero-order valence-corrected chi connectivity index (χ0v) is 11.2. The van der Waals surface area contributed by atoms with Gasteiger partial charge in [-0.1, -0.05) is 13.0 Å². The molecule has 5 heteroatoms. The van der Waals surface area contributed by atoms with E-state index < -0.39 is 0 Å². The summed E-state index contributed by atoms with van der Waals surface area (Å²) in [6.45, 7) is 3.93. The largest absolute Gasteiger partial charge is 0.391 e. The van der Waals surface area contributed by atoms with Gasteiger partial charge in [-0.15, -0.1) is 0 Å². The van der Waals surface area contributed by atoms with Gasteiger partial charge in [-0.25, -0.2) is 0 Å². The molecule has 19 heavy (non-hydrogen) atoms. The zero-order valence-electron chi connectivity index (χ0n) is 11.2. The number of aliphatic hydroxyl groups excluding tert-OH is 1. The molecule has 1 saturated heterocycles. The van der Waals surface area contributed by atoms with Gasteiger partial charge >= 0.3 is 0 Å². The third-order valence-corrected chi connectivity index (χ3v) is 3.61.